The normalized spacial score (nSPS) is 24.6. The summed E-state index contributed by atoms with van der Waals surface area (Å²) in [6, 6.07) is 3.97. The molecular formula is C14H21F3N2. The largest absolute Gasteiger partial charge is 0.391 e. The molecular weight excluding hydrogens is 253 g/mol. The van der Waals surface area contributed by atoms with Crippen molar-refractivity contribution in [1.29, 1.82) is 0 Å². The van der Waals surface area contributed by atoms with Crippen molar-refractivity contribution >= 4 is 0 Å². The van der Waals surface area contributed by atoms with E-state index in [0.717, 1.165) is 18.7 Å². The monoisotopic (exact) mass is 274 g/mol. The van der Waals surface area contributed by atoms with Crippen molar-refractivity contribution in [3.8, 4) is 0 Å². The van der Waals surface area contributed by atoms with Crippen molar-refractivity contribution in [3.05, 3.63) is 24.0 Å². The summed E-state index contributed by atoms with van der Waals surface area (Å²) in [6.45, 7) is 3.60. The van der Waals surface area contributed by atoms with E-state index in [1.807, 2.05) is 18.3 Å². The van der Waals surface area contributed by atoms with Gasteiger partial charge in [0.1, 0.15) is 0 Å². The third-order valence-corrected chi connectivity index (χ3v) is 3.97. The fourth-order valence-corrected chi connectivity index (χ4v) is 2.84. The number of alkyl halides is 3. The van der Waals surface area contributed by atoms with Gasteiger partial charge in [0, 0.05) is 31.0 Å². The molecule has 2 nitrogen and oxygen atoms in total. The molecule has 19 heavy (non-hydrogen) atoms. The standard InChI is InChI=1S/C14H21F3N2/c1-2-19-8-4-7-13(19)10-18-12-6-3-5-11(9-12)14(15,16)17/h4,7-8,11-12,18H,2-3,5-6,9-10H2,1H3. The molecule has 2 unspecified atom stereocenters. The molecule has 0 aromatic carbocycles. The van der Waals surface area contributed by atoms with Crippen LogP contribution in [0.4, 0.5) is 13.2 Å². The average molecular weight is 274 g/mol. The second kappa shape index (κ2) is 5.99. The van der Waals surface area contributed by atoms with Gasteiger partial charge in [0.2, 0.25) is 0 Å². The maximum Gasteiger partial charge on any atom is 0.391 e. The number of aryl methyl sites for hydroxylation is 1. The first-order valence-electron chi connectivity index (χ1n) is 6.94. The predicted octanol–water partition coefficient (Wildman–Crippen LogP) is 3.72. The van der Waals surface area contributed by atoms with Crippen LogP contribution in [0, 0.1) is 5.92 Å². The molecule has 1 fully saturated rings. The highest BCUT2D eigenvalue weighted by atomic mass is 19.4. The quantitative estimate of drug-likeness (QED) is 0.885. The second-order valence-corrected chi connectivity index (χ2v) is 5.27. The molecule has 1 aliphatic rings. The summed E-state index contributed by atoms with van der Waals surface area (Å²) in [4.78, 5) is 0. The maximum absolute atomic E-state index is 12.7. The van der Waals surface area contributed by atoms with Gasteiger partial charge in [-0.3, -0.25) is 0 Å². The Hall–Kier alpha value is -0.970. The zero-order valence-corrected chi connectivity index (χ0v) is 11.2. The van der Waals surface area contributed by atoms with Gasteiger partial charge in [-0.1, -0.05) is 6.42 Å². The molecule has 2 rings (SSSR count). The number of hydrogen-bond acceptors (Lipinski definition) is 1. The minimum absolute atomic E-state index is 0.0134. The van der Waals surface area contributed by atoms with Crippen molar-refractivity contribution in [2.24, 2.45) is 5.92 Å². The highest BCUT2D eigenvalue weighted by molar-refractivity contribution is 5.07. The van der Waals surface area contributed by atoms with Gasteiger partial charge >= 0.3 is 6.18 Å². The number of aromatic nitrogens is 1. The Morgan fingerprint density at radius 3 is 2.84 bits per heavy atom. The third kappa shape index (κ3) is 3.75. The van der Waals surface area contributed by atoms with Crippen molar-refractivity contribution in [3.63, 3.8) is 0 Å². The van der Waals surface area contributed by atoms with Crippen LogP contribution < -0.4 is 5.32 Å². The van der Waals surface area contributed by atoms with Gasteiger partial charge in [-0.2, -0.15) is 13.2 Å². The van der Waals surface area contributed by atoms with Crippen molar-refractivity contribution < 1.29 is 13.2 Å². The summed E-state index contributed by atoms with van der Waals surface area (Å²) >= 11 is 0. The number of hydrogen-bond donors (Lipinski definition) is 1. The van der Waals surface area contributed by atoms with Gasteiger partial charge in [-0.05, 0) is 38.3 Å². The summed E-state index contributed by atoms with van der Waals surface area (Å²) in [5.41, 5.74) is 1.14. The lowest BCUT2D eigenvalue weighted by molar-refractivity contribution is -0.183. The molecule has 0 aliphatic heterocycles. The van der Waals surface area contributed by atoms with Crippen LogP contribution in [0.1, 0.15) is 38.3 Å². The van der Waals surface area contributed by atoms with Gasteiger partial charge in [-0.15, -0.1) is 0 Å². The number of nitrogens with one attached hydrogen (secondary N) is 1. The SMILES string of the molecule is CCn1cccc1CNC1CCCC(C(F)(F)F)C1. The number of rotatable bonds is 4. The second-order valence-electron chi connectivity index (χ2n) is 5.27. The lowest BCUT2D eigenvalue weighted by atomic mass is 9.85. The average Bonchev–Trinajstić information content (AvgIpc) is 2.83. The molecule has 5 heteroatoms. The molecule has 2 atom stereocenters. The van der Waals surface area contributed by atoms with Crippen LogP contribution in [0.2, 0.25) is 0 Å². The zero-order valence-electron chi connectivity index (χ0n) is 11.2. The van der Waals surface area contributed by atoms with Crippen LogP contribution in [0.25, 0.3) is 0 Å². The molecule has 1 aromatic rings. The minimum Gasteiger partial charge on any atom is -0.351 e. The summed E-state index contributed by atoms with van der Waals surface area (Å²) in [5, 5.41) is 3.28. The molecule has 0 spiro atoms. The Kier molecular flexibility index (Phi) is 4.55. The summed E-state index contributed by atoms with van der Waals surface area (Å²) in [5.74, 6) is -1.13. The topological polar surface area (TPSA) is 17.0 Å². The van der Waals surface area contributed by atoms with E-state index in [-0.39, 0.29) is 18.9 Å². The molecule has 108 valence electrons. The Balaban J connectivity index is 1.86. The van der Waals surface area contributed by atoms with E-state index in [4.69, 9.17) is 0 Å². The zero-order chi connectivity index (χ0) is 13.9. The van der Waals surface area contributed by atoms with Gasteiger partial charge in [0.25, 0.3) is 0 Å². The molecule has 1 saturated carbocycles. The smallest absolute Gasteiger partial charge is 0.351 e. The Morgan fingerprint density at radius 2 is 2.16 bits per heavy atom. The van der Waals surface area contributed by atoms with E-state index in [2.05, 4.69) is 16.8 Å². The van der Waals surface area contributed by atoms with Crippen molar-refractivity contribution in [2.45, 2.75) is 57.9 Å². The highest BCUT2D eigenvalue weighted by Crippen LogP contribution is 2.37. The highest BCUT2D eigenvalue weighted by Gasteiger charge is 2.41. The lowest BCUT2D eigenvalue weighted by Gasteiger charge is -2.31. The Morgan fingerprint density at radius 1 is 1.37 bits per heavy atom. The van der Waals surface area contributed by atoms with Crippen molar-refractivity contribution in [2.75, 3.05) is 0 Å². The number of nitrogens with zero attached hydrogens (tertiary/aromatic N) is 1. The third-order valence-electron chi connectivity index (χ3n) is 3.97. The summed E-state index contributed by atoms with van der Waals surface area (Å²) < 4.78 is 40.3. The van der Waals surface area contributed by atoms with Gasteiger partial charge in [0.15, 0.2) is 0 Å². The van der Waals surface area contributed by atoms with E-state index < -0.39 is 12.1 Å². The van der Waals surface area contributed by atoms with Crippen LogP contribution in [-0.4, -0.2) is 16.8 Å². The first kappa shape index (κ1) is 14.4. The lowest BCUT2D eigenvalue weighted by Crippen LogP contribution is -2.38. The fraction of sp³-hybridized carbons (Fsp3) is 0.714. The van der Waals surface area contributed by atoms with E-state index in [1.54, 1.807) is 0 Å². The van der Waals surface area contributed by atoms with E-state index in [1.165, 1.54) is 0 Å². The molecule has 1 heterocycles. The number of halogens is 3. The molecule has 0 radical (unpaired) electrons. The van der Waals surface area contributed by atoms with Crippen LogP contribution in [0.5, 0.6) is 0 Å². The van der Waals surface area contributed by atoms with Crippen molar-refractivity contribution in [1.82, 2.24) is 9.88 Å². The summed E-state index contributed by atoms with van der Waals surface area (Å²) in [6.07, 6.45) is -0.0280. The molecule has 1 aromatic heterocycles. The fourth-order valence-electron chi connectivity index (χ4n) is 2.84. The van der Waals surface area contributed by atoms with Crippen LogP contribution in [0.3, 0.4) is 0 Å². The summed E-state index contributed by atoms with van der Waals surface area (Å²) in [7, 11) is 0. The van der Waals surface area contributed by atoms with Crippen LogP contribution in [-0.2, 0) is 13.1 Å². The van der Waals surface area contributed by atoms with Crippen LogP contribution in [0.15, 0.2) is 18.3 Å². The molecule has 1 aliphatic carbocycles. The van der Waals surface area contributed by atoms with E-state index in [9.17, 15) is 13.2 Å². The first-order valence-corrected chi connectivity index (χ1v) is 6.94. The Bertz CT molecular complexity index is 398. The molecule has 0 amide bonds. The van der Waals surface area contributed by atoms with Gasteiger partial charge in [-0.25, -0.2) is 0 Å². The Labute approximate surface area is 112 Å². The predicted molar refractivity (Wildman–Crippen MR) is 68.7 cm³/mol. The molecule has 0 bridgehead atoms. The molecule has 1 N–H and O–H groups in total. The van der Waals surface area contributed by atoms with Gasteiger partial charge in [0.05, 0.1) is 5.92 Å². The van der Waals surface area contributed by atoms with Gasteiger partial charge < -0.3 is 9.88 Å². The van der Waals surface area contributed by atoms with E-state index >= 15 is 0 Å². The first-order chi connectivity index (χ1) is 9.00. The van der Waals surface area contributed by atoms with E-state index in [0.29, 0.717) is 13.0 Å². The molecule has 0 saturated heterocycles. The minimum atomic E-state index is -4.04. The van der Waals surface area contributed by atoms with Crippen LogP contribution >= 0.6 is 0 Å². The maximum atomic E-state index is 12.7.